The molecule has 0 unspecified atom stereocenters. The third-order valence-electron chi connectivity index (χ3n) is 1.50. The van der Waals surface area contributed by atoms with Gasteiger partial charge in [0.1, 0.15) is 11.5 Å². The van der Waals surface area contributed by atoms with Crippen molar-refractivity contribution in [2.24, 2.45) is 0 Å². The van der Waals surface area contributed by atoms with Crippen LogP contribution in [0, 0.1) is 6.92 Å². The SMILES string of the molecule is Cc1ccc(-c2cnc[nH]2)o1. The summed E-state index contributed by atoms with van der Waals surface area (Å²) < 4.78 is 5.36. The third-order valence-corrected chi connectivity index (χ3v) is 1.50. The van der Waals surface area contributed by atoms with Gasteiger partial charge in [-0.2, -0.15) is 0 Å². The second-order valence-electron chi connectivity index (χ2n) is 2.38. The molecule has 0 aliphatic heterocycles. The number of aromatic amines is 1. The van der Waals surface area contributed by atoms with Crippen molar-refractivity contribution < 1.29 is 4.42 Å². The molecule has 0 radical (unpaired) electrons. The summed E-state index contributed by atoms with van der Waals surface area (Å²) >= 11 is 0. The van der Waals surface area contributed by atoms with Gasteiger partial charge < -0.3 is 9.40 Å². The standard InChI is InChI=1S/C8H8N2O/c1-6-2-3-8(11-6)7-4-9-5-10-7/h2-5H,1H3,(H,9,10). The number of furan rings is 1. The minimum absolute atomic E-state index is 0.833. The molecular formula is C8H8N2O. The molecule has 0 bridgehead atoms. The Morgan fingerprint density at radius 3 is 2.91 bits per heavy atom. The fraction of sp³-hybridized carbons (Fsp3) is 0.125. The van der Waals surface area contributed by atoms with E-state index in [-0.39, 0.29) is 0 Å². The first-order valence-corrected chi connectivity index (χ1v) is 3.41. The fourth-order valence-electron chi connectivity index (χ4n) is 0.970. The van der Waals surface area contributed by atoms with Gasteiger partial charge in [-0.05, 0) is 19.1 Å². The summed E-state index contributed by atoms with van der Waals surface area (Å²) in [6, 6.07) is 3.85. The quantitative estimate of drug-likeness (QED) is 0.671. The van der Waals surface area contributed by atoms with E-state index in [4.69, 9.17) is 4.42 Å². The molecule has 0 amide bonds. The van der Waals surface area contributed by atoms with Crippen LogP contribution in [-0.4, -0.2) is 9.97 Å². The van der Waals surface area contributed by atoms with Gasteiger partial charge in [0.2, 0.25) is 0 Å². The number of aryl methyl sites for hydroxylation is 1. The van der Waals surface area contributed by atoms with Gasteiger partial charge in [-0.25, -0.2) is 4.98 Å². The summed E-state index contributed by atoms with van der Waals surface area (Å²) in [4.78, 5) is 6.85. The maximum atomic E-state index is 5.36. The molecule has 0 saturated heterocycles. The van der Waals surface area contributed by atoms with Gasteiger partial charge in [0.05, 0.1) is 12.5 Å². The van der Waals surface area contributed by atoms with Crippen LogP contribution < -0.4 is 0 Å². The molecule has 0 aliphatic carbocycles. The van der Waals surface area contributed by atoms with Crippen LogP contribution in [0.2, 0.25) is 0 Å². The Morgan fingerprint density at radius 2 is 2.36 bits per heavy atom. The molecular weight excluding hydrogens is 140 g/mol. The van der Waals surface area contributed by atoms with Gasteiger partial charge in [-0.15, -0.1) is 0 Å². The van der Waals surface area contributed by atoms with Crippen LogP contribution in [0.5, 0.6) is 0 Å². The Morgan fingerprint density at radius 1 is 1.45 bits per heavy atom. The Labute approximate surface area is 64.1 Å². The van der Waals surface area contributed by atoms with E-state index in [9.17, 15) is 0 Å². The molecule has 0 saturated carbocycles. The Balaban J connectivity index is 2.45. The maximum absolute atomic E-state index is 5.36. The first kappa shape index (κ1) is 6.22. The van der Waals surface area contributed by atoms with Gasteiger partial charge in [-0.1, -0.05) is 0 Å². The lowest BCUT2D eigenvalue weighted by molar-refractivity contribution is 0.547. The largest absolute Gasteiger partial charge is 0.460 e. The van der Waals surface area contributed by atoms with E-state index in [1.54, 1.807) is 12.5 Å². The van der Waals surface area contributed by atoms with E-state index in [2.05, 4.69) is 9.97 Å². The summed E-state index contributed by atoms with van der Waals surface area (Å²) in [7, 11) is 0. The lowest BCUT2D eigenvalue weighted by Crippen LogP contribution is -1.68. The molecule has 2 rings (SSSR count). The summed E-state index contributed by atoms with van der Waals surface area (Å²) in [6.45, 7) is 1.92. The summed E-state index contributed by atoms with van der Waals surface area (Å²) in [5.74, 6) is 1.75. The molecule has 56 valence electrons. The lowest BCUT2D eigenvalue weighted by atomic mass is 10.3. The first-order valence-electron chi connectivity index (χ1n) is 3.41. The monoisotopic (exact) mass is 148 g/mol. The number of H-pyrrole nitrogens is 1. The van der Waals surface area contributed by atoms with Gasteiger partial charge in [0.15, 0.2) is 5.76 Å². The van der Waals surface area contributed by atoms with Crippen LogP contribution in [-0.2, 0) is 0 Å². The predicted octanol–water partition coefficient (Wildman–Crippen LogP) is 1.98. The number of hydrogen-bond donors (Lipinski definition) is 1. The van der Waals surface area contributed by atoms with E-state index in [1.807, 2.05) is 19.1 Å². The molecule has 0 spiro atoms. The van der Waals surface area contributed by atoms with E-state index in [0.29, 0.717) is 0 Å². The minimum atomic E-state index is 0.833. The zero-order valence-corrected chi connectivity index (χ0v) is 6.16. The molecule has 1 N–H and O–H groups in total. The van der Waals surface area contributed by atoms with Gasteiger partial charge in [0, 0.05) is 0 Å². The van der Waals surface area contributed by atoms with Crippen molar-refractivity contribution in [2.45, 2.75) is 6.92 Å². The van der Waals surface area contributed by atoms with Crippen molar-refractivity contribution in [3.05, 3.63) is 30.4 Å². The lowest BCUT2D eigenvalue weighted by Gasteiger charge is -1.87. The highest BCUT2D eigenvalue weighted by molar-refractivity contribution is 5.50. The average Bonchev–Trinajstić information content (AvgIpc) is 2.55. The molecule has 0 aromatic carbocycles. The molecule has 11 heavy (non-hydrogen) atoms. The van der Waals surface area contributed by atoms with Crippen LogP contribution in [0.1, 0.15) is 5.76 Å². The molecule has 3 heteroatoms. The highest BCUT2D eigenvalue weighted by Gasteiger charge is 2.01. The van der Waals surface area contributed by atoms with E-state index >= 15 is 0 Å². The average molecular weight is 148 g/mol. The Kier molecular flexibility index (Phi) is 1.28. The van der Waals surface area contributed by atoms with Crippen molar-refractivity contribution >= 4 is 0 Å². The normalized spacial score (nSPS) is 10.3. The molecule has 2 aromatic heterocycles. The predicted molar refractivity (Wildman–Crippen MR) is 41.0 cm³/mol. The number of imidazole rings is 1. The van der Waals surface area contributed by atoms with Gasteiger partial charge >= 0.3 is 0 Å². The second kappa shape index (κ2) is 2.27. The third kappa shape index (κ3) is 1.05. The molecule has 0 aliphatic rings. The minimum Gasteiger partial charge on any atom is -0.460 e. The van der Waals surface area contributed by atoms with E-state index in [0.717, 1.165) is 17.2 Å². The second-order valence-corrected chi connectivity index (χ2v) is 2.38. The fourth-order valence-corrected chi connectivity index (χ4v) is 0.970. The van der Waals surface area contributed by atoms with Crippen LogP contribution >= 0.6 is 0 Å². The molecule has 3 nitrogen and oxygen atoms in total. The smallest absolute Gasteiger partial charge is 0.152 e. The molecule has 2 aromatic rings. The van der Waals surface area contributed by atoms with Crippen molar-refractivity contribution in [3.63, 3.8) is 0 Å². The van der Waals surface area contributed by atoms with Crippen LogP contribution in [0.4, 0.5) is 0 Å². The van der Waals surface area contributed by atoms with Crippen LogP contribution in [0.25, 0.3) is 11.5 Å². The first-order chi connectivity index (χ1) is 5.36. The summed E-state index contributed by atoms with van der Waals surface area (Å²) in [5, 5.41) is 0. The molecule has 2 heterocycles. The van der Waals surface area contributed by atoms with Gasteiger partial charge in [-0.3, -0.25) is 0 Å². The molecule has 0 atom stereocenters. The highest BCUT2D eigenvalue weighted by Crippen LogP contribution is 2.18. The number of aromatic nitrogens is 2. The highest BCUT2D eigenvalue weighted by atomic mass is 16.3. The maximum Gasteiger partial charge on any atom is 0.152 e. The number of nitrogens with zero attached hydrogens (tertiary/aromatic N) is 1. The van der Waals surface area contributed by atoms with Crippen LogP contribution in [0.15, 0.2) is 29.1 Å². The number of hydrogen-bond acceptors (Lipinski definition) is 2. The van der Waals surface area contributed by atoms with Crippen LogP contribution in [0.3, 0.4) is 0 Å². The van der Waals surface area contributed by atoms with Crippen molar-refractivity contribution in [3.8, 4) is 11.5 Å². The van der Waals surface area contributed by atoms with Gasteiger partial charge in [0.25, 0.3) is 0 Å². The Hall–Kier alpha value is -1.51. The van der Waals surface area contributed by atoms with Crippen molar-refractivity contribution in [1.82, 2.24) is 9.97 Å². The topological polar surface area (TPSA) is 41.8 Å². The molecule has 0 fully saturated rings. The summed E-state index contributed by atoms with van der Waals surface area (Å²) in [5.41, 5.74) is 0.915. The van der Waals surface area contributed by atoms with Crippen molar-refractivity contribution in [1.29, 1.82) is 0 Å². The summed E-state index contributed by atoms with van der Waals surface area (Å²) in [6.07, 6.45) is 3.37. The van der Waals surface area contributed by atoms with E-state index in [1.165, 1.54) is 0 Å². The van der Waals surface area contributed by atoms with Crippen molar-refractivity contribution in [2.75, 3.05) is 0 Å². The number of rotatable bonds is 1. The zero-order chi connectivity index (χ0) is 7.68. The zero-order valence-electron chi connectivity index (χ0n) is 6.16. The number of nitrogens with one attached hydrogen (secondary N) is 1. The Bertz CT molecular complexity index is 335. The van der Waals surface area contributed by atoms with E-state index < -0.39 is 0 Å².